The van der Waals surface area contributed by atoms with E-state index in [-0.39, 0.29) is 12.3 Å². The molecule has 1 aromatic carbocycles. The van der Waals surface area contributed by atoms with Crippen LogP contribution in [-0.4, -0.2) is 36.1 Å². The van der Waals surface area contributed by atoms with Gasteiger partial charge in [-0.1, -0.05) is 19.1 Å². The first kappa shape index (κ1) is 15.2. The molecule has 2 heterocycles. The number of nitrogens with zero attached hydrogens (tertiary/aromatic N) is 2. The molecular formula is C16H17N3O4. The number of aryl methyl sites for hydroxylation is 1. The molecule has 120 valence electrons. The van der Waals surface area contributed by atoms with Crippen LogP contribution >= 0.6 is 0 Å². The van der Waals surface area contributed by atoms with Crippen molar-refractivity contribution in [2.75, 3.05) is 11.5 Å². The molecule has 7 heteroatoms. The second-order valence-electron chi connectivity index (χ2n) is 5.33. The molecule has 1 N–H and O–H groups in total. The van der Waals surface area contributed by atoms with Crippen LogP contribution in [0.1, 0.15) is 19.4 Å². The summed E-state index contributed by atoms with van der Waals surface area (Å²) in [4.78, 5) is 38.1. The van der Waals surface area contributed by atoms with E-state index in [1.807, 2.05) is 19.1 Å². The number of hydrogen-bond acceptors (Lipinski definition) is 6. The summed E-state index contributed by atoms with van der Waals surface area (Å²) < 4.78 is 4.90. The summed E-state index contributed by atoms with van der Waals surface area (Å²) in [5.41, 5.74) is 4.15. The maximum Gasteiger partial charge on any atom is 0.355 e. The number of amides is 2. The first-order valence-electron chi connectivity index (χ1n) is 7.55. The van der Waals surface area contributed by atoms with E-state index in [4.69, 9.17) is 4.74 Å². The van der Waals surface area contributed by atoms with Gasteiger partial charge in [0.15, 0.2) is 5.71 Å². The van der Waals surface area contributed by atoms with Crippen molar-refractivity contribution >= 4 is 29.2 Å². The Morgan fingerprint density at radius 1 is 1.22 bits per heavy atom. The van der Waals surface area contributed by atoms with E-state index in [1.165, 1.54) is 0 Å². The molecule has 0 aromatic heterocycles. The van der Waals surface area contributed by atoms with Crippen LogP contribution in [0.2, 0.25) is 0 Å². The summed E-state index contributed by atoms with van der Waals surface area (Å²) in [7, 11) is 0. The van der Waals surface area contributed by atoms with Crippen molar-refractivity contribution in [3.8, 4) is 0 Å². The topological polar surface area (TPSA) is 88.1 Å². The van der Waals surface area contributed by atoms with Crippen LogP contribution in [0, 0.1) is 5.92 Å². The predicted molar refractivity (Wildman–Crippen MR) is 82.8 cm³/mol. The molecule has 1 saturated heterocycles. The zero-order valence-electron chi connectivity index (χ0n) is 12.9. The smallest absolute Gasteiger partial charge is 0.355 e. The van der Waals surface area contributed by atoms with Gasteiger partial charge in [-0.2, -0.15) is 5.10 Å². The quantitative estimate of drug-likeness (QED) is 0.650. The molecule has 3 rings (SSSR count). The molecule has 0 bridgehead atoms. The number of carbonyl (C=O) groups excluding carboxylic acids is 3. The highest BCUT2D eigenvalue weighted by molar-refractivity contribution is 6.46. The van der Waals surface area contributed by atoms with Crippen molar-refractivity contribution in [3.05, 3.63) is 29.8 Å². The minimum absolute atomic E-state index is 0.0390. The fraction of sp³-hybridized carbons (Fsp3) is 0.375. The number of benzene rings is 1. The molecule has 0 radical (unpaired) electrons. The lowest BCUT2D eigenvalue weighted by atomic mass is 9.99. The molecular weight excluding hydrogens is 298 g/mol. The lowest BCUT2D eigenvalue weighted by Crippen LogP contribution is -2.36. The monoisotopic (exact) mass is 315 g/mol. The van der Waals surface area contributed by atoms with Gasteiger partial charge in [-0.3, -0.25) is 15.0 Å². The van der Waals surface area contributed by atoms with E-state index >= 15 is 0 Å². The lowest BCUT2D eigenvalue weighted by Gasteiger charge is -2.16. The Morgan fingerprint density at radius 3 is 2.52 bits per heavy atom. The number of esters is 1. The predicted octanol–water partition coefficient (Wildman–Crippen LogP) is 0.629. The van der Waals surface area contributed by atoms with Gasteiger partial charge < -0.3 is 4.74 Å². The number of fused-ring (bicyclic) bond motifs is 1. The maximum atomic E-state index is 12.6. The van der Waals surface area contributed by atoms with Gasteiger partial charge >= 0.3 is 5.97 Å². The Bertz CT molecular complexity index is 696. The summed E-state index contributed by atoms with van der Waals surface area (Å²) in [6.07, 6.45) is 0.870. The fourth-order valence-corrected chi connectivity index (χ4v) is 2.80. The average Bonchev–Trinajstić information content (AvgIpc) is 3.09. The molecule has 2 amide bonds. The van der Waals surface area contributed by atoms with Crippen LogP contribution < -0.4 is 10.3 Å². The lowest BCUT2D eigenvalue weighted by molar-refractivity contribution is -0.136. The van der Waals surface area contributed by atoms with Crippen LogP contribution in [0.25, 0.3) is 0 Å². The van der Waals surface area contributed by atoms with Crippen LogP contribution in [-0.2, 0) is 25.5 Å². The molecule has 23 heavy (non-hydrogen) atoms. The van der Waals surface area contributed by atoms with Crippen LogP contribution in [0.15, 0.2) is 29.4 Å². The highest BCUT2D eigenvalue weighted by Crippen LogP contribution is 2.31. The molecule has 0 saturated carbocycles. The molecule has 1 aromatic rings. The highest BCUT2D eigenvalue weighted by atomic mass is 16.5. The third-order valence-electron chi connectivity index (χ3n) is 4.01. The van der Waals surface area contributed by atoms with E-state index in [9.17, 15) is 14.4 Å². The molecule has 2 aliphatic heterocycles. The van der Waals surface area contributed by atoms with Crippen molar-refractivity contribution in [1.29, 1.82) is 0 Å². The number of nitrogens with one attached hydrogen (secondary N) is 1. The molecule has 7 nitrogen and oxygen atoms in total. The van der Waals surface area contributed by atoms with Crippen molar-refractivity contribution < 1.29 is 19.1 Å². The number of ether oxygens (including phenoxy) is 1. The number of carbonyl (C=O) groups is 3. The maximum absolute atomic E-state index is 12.6. The van der Waals surface area contributed by atoms with E-state index in [1.54, 1.807) is 19.1 Å². The van der Waals surface area contributed by atoms with Gasteiger partial charge in [-0.25, -0.2) is 9.69 Å². The molecule has 2 aliphatic rings. The normalized spacial score (nSPS) is 22.7. The van der Waals surface area contributed by atoms with Crippen molar-refractivity contribution in [3.63, 3.8) is 0 Å². The minimum Gasteiger partial charge on any atom is -0.461 e. The van der Waals surface area contributed by atoms with Crippen LogP contribution in [0.3, 0.4) is 0 Å². The van der Waals surface area contributed by atoms with E-state index in [2.05, 4.69) is 10.5 Å². The van der Waals surface area contributed by atoms with Gasteiger partial charge in [-0.05, 0) is 31.0 Å². The number of rotatable bonds is 4. The van der Waals surface area contributed by atoms with Crippen LogP contribution in [0.4, 0.5) is 5.69 Å². The highest BCUT2D eigenvalue weighted by Gasteiger charge is 2.55. The van der Waals surface area contributed by atoms with Crippen molar-refractivity contribution in [2.24, 2.45) is 11.0 Å². The van der Waals surface area contributed by atoms with Gasteiger partial charge in [0.2, 0.25) is 5.91 Å². The molecule has 0 spiro atoms. The second-order valence-corrected chi connectivity index (χ2v) is 5.33. The van der Waals surface area contributed by atoms with Gasteiger partial charge in [0, 0.05) is 0 Å². The SMILES string of the molecule is CCOC(=O)C1=NN[C@H]2C(=O)N(c3ccc(CC)cc3)C(=O)[C@@H]12. The Labute approximate surface area is 133 Å². The number of hydrogen-bond donors (Lipinski definition) is 1. The number of anilines is 1. The van der Waals surface area contributed by atoms with Gasteiger partial charge in [-0.15, -0.1) is 0 Å². The minimum atomic E-state index is -0.924. The molecule has 0 aliphatic carbocycles. The van der Waals surface area contributed by atoms with E-state index in [0.717, 1.165) is 16.9 Å². The van der Waals surface area contributed by atoms with Crippen molar-refractivity contribution in [1.82, 2.24) is 5.43 Å². The summed E-state index contributed by atoms with van der Waals surface area (Å²) in [6.45, 7) is 3.87. The largest absolute Gasteiger partial charge is 0.461 e. The van der Waals surface area contributed by atoms with E-state index < -0.39 is 29.7 Å². The summed E-state index contributed by atoms with van der Waals surface area (Å²) in [5.74, 6) is -2.46. The Balaban J connectivity index is 1.88. The van der Waals surface area contributed by atoms with Crippen molar-refractivity contribution in [2.45, 2.75) is 26.3 Å². The first-order chi connectivity index (χ1) is 11.1. The zero-order valence-corrected chi connectivity index (χ0v) is 12.9. The summed E-state index contributed by atoms with van der Waals surface area (Å²) >= 11 is 0. The Hall–Kier alpha value is -2.70. The van der Waals surface area contributed by atoms with Gasteiger partial charge in [0.05, 0.1) is 12.3 Å². The molecule has 1 fully saturated rings. The van der Waals surface area contributed by atoms with E-state index in [0.29, 0.717) is 5.69 Å². The zero-order chi connectivity index (χ0) is 16.6. The summed E-state index contributed by atoms with van der Waals surface area (Å²) in [5, 5.41) is 3.82. The van der Waals surface area contributed by atoms with Gasteiger partial charge in [0.1, 0.15) is 12.0 Å². The fourth-order valence-electron chi connectivity index (χ4n) is 2.80. The number of hydrazone groups is 1. The third kappa shape index (κ3) is 2.38. The average molecular weight is 315 g/mol. The Morgan fingerprint density at radius 2 is 1.91 bits per heavy atom. The molecule has 2 atom stereocenters. The third-order valence-corrected chi connectivity index (χ3v) is 4.01. The molecule has 0 unspecified atom stereocenters. The Kier molecular flexibility index (Phi) is 3.85. The van der Waals surface area contributed by atoms with Gasteiger partial charge in [0.25, 0.3) is 5.91 Å². The number of imide groups is 1. The first-order valence-corrected chi connectivity index (χ1v) is 7.55. The summed E-state index contributed by atoms with van der Waals surface area (Å²) in [6, 6.07) is 6.37. The van der Waals surface area contributed by atoms with Crippen LogP contribution in [0.5, 0.6) is 0 Å². The second kappa shape index (κ2) is 5.83. The standard InChI is InChI=1S/C16H17N3O4/c1-3-9-5-7-10(8-6-9)19-14(20)11-12(15(19)21)17-18-13(11)16(22)23-4-2/h5-8,11-12,17H,3-4H2,1-2H3/t11-,12-/m1/s1.